The van der Waals surface area contributed by atoms with Crippen molar-refractivity contribution in [3.05, 3.63) is 42.3 Å². The number of alkyl halides is 1. The van der Waals surface area contributed by atoms with Gasteiger partial charge >= 0.3 is 6.09 Å². The van der Waals surface area contributed by atoms with Crippen LogP contribution in [-0.2, 0) is 9.53 Å². The molecule has 3 amide bonds. The second-order valence-electron chi connectivity index (χ2n) is 8.49. The summed E-state index contributed by atoms with van der Waals surface area (Å²) in [7, 11) is 0. The summed E-state index contributed by atoms with van der Waals surface area (Å²) in [6.07, 6.45) is 10.9. The van der Waals surface area contributed by atoms with Gasteiger partial charge in [0.2, 0.25) is 5.91 Å². The van der Waals surface area contributed by atoms with Crippen LogP contribution in [0.1, 0.15) is 49.5 Å². The fraction of sp³-hybridized carbons (Fsp3) is 0.542. The van der Waals surface area contributed by atoms with Gasteiger partial charge in [-0.1, -0.05) is 12.8 Å². The van der Waals surface area contributed by atoms with Gasteiger partial charge in [-0.15, -0.1) is 0 Å². The lowest BCUT2D eigenvalue weighted by Gasteiger charge is -2.21. The lowest BCUT2D eigenvalue weighted by atomic mass is 10.1. The predicted molar refractivity (Wildman–Crippen MR) is 131 cm³/mol. The van der Waals surface area contributed by atoms with Gasteiger partial charge < -0.3 is 25.1 Å². The van der Waals surface area contributed by atoms with E-state index in [0.29, 0.717) is 37.4 Å². The third-order valence-electron chi connectivity index (χ3n) is 6.04. The molecule has 3 rings (SSSR count). The van der Waals surface area contributed by atoms with Gasteiger partial charge in [0, 0.05) is 43.9 Å². The van der Waals surface area contributed by atoms with Crippen LogP contribution in [0.15, 0.2) is 36.6 Å². The highest BCUT2D eigenvalue weighted by Crippen LogP contribution is 2.21. The highest BCUT2D eigenvalue weighted by molar-refractivity contribution is 5.95. The minimum Gasteiger partial charge on any atom is -0.443 e. The molecule has 2 aromatic rings. The largest absolute Gasteiger partial charge is 0.443 e. The van der Waals surface area contributed by atoms with Crippen LogP contribution in [0.3, 0.4) is 0 Å². The maximum atomic E-state index is 12.9. The van der Waals surface area contributed by atoms with E-state index in [1.54, 1.807) is 34.1 Å². The van der Waals surface area contributed by atoms with E-state index in [2.05, 4.69) is 15.3 Å². The van der Waals surface area contributed by atoms with Crippen molar-refractivity contribution in [2.45, 2.75) is 45.1 Å². The molecule has 196 valence electrons. The zero-order valence-corrected chi connectivity index (χ0v) is 20.6. The van der Waals surface area contributed by atoms with Crippen LogP contribution in [0.2, 0.25) is 0 Å². The number of carbonyl (C=O) groups excluding carboxylic acids is 3. The second kappa shape index (κ2) is 13.5. The Kier molecular flexibility index (Phi) is 10.2. The molecule has 0 aromatic carbocycles. The Bertz CT molecular complexity index is 1040. The summed E-state index contributed by atoms with van der Waals surface area (Å²) >= 11 is 0. The summed E-state index contributed by atoms with van der Waals surface area (Å²) in [5, 5.41) is 2.63. The van der Waals surface area contributed by atoms with E-state index in [4.69, 9.17) is 10.5 Å². The van der Waals surface area contributed by atoms with Crippen molar-refractivity contribution in [1.29, 1.82) is 0 Å². The molecule has 1 aliphatic rings. The molecule has 2 aromatic heterocycles. The number of halogens is 1. The Balaban J connectivity index is 1.35. The number of imidazole rings is 1. The first-order chi connectivity index (χ1) is 17.5. The molecule has 12 heteroatoms. The third kappa shape index (κ3) is 7.23. The molecule has 0 bridgehead atoms. The molecule has 1 fully saturated rings. The molecule has 0 radical (unpaired) electrons. The highest BCUT2D eigenvalue weighted by atomic mass is 19.1. The number of allylic oxidation sites excluding steroid dienone is 2. The number of amides is 3. The zero-order valence-electron chi connectivity index (χ0n) is 20.6. The molecule has 36 heavy (non-hydrogen) atoms. The maximum Gasteiger partial charge on any atom is 0.414 e. The Morgan fingerprint density at radius 2 is 2.14 bits per heavy atom. The smallest absolute Gasteiger partial charge is 0.414 e. The highest BCUT2D eigenvalue weighted by Gasteiger charge is 2.32. The van der Waals surface area contributed by atoms with Crippen LogP contribution in [-0.4, -0.2) is 87.6 Å². The Morgan fingerprint density at radius 1 is 1.33 bits per heavy atom. The average Bonchev–Trinajstić information content (AvgIpc) is 3.49. The van der Waals surface area contributed by atoms with Gasteiger partial charge in [0.1, 0.15) is 18.5 Å². The van der Waals surface area contributed by atoms with Gasteiger partial charge in [-0.05, 0) is 32.3 Å². The molecular formula is C24H34FN7O4. The van der Waals surface area contributed by atoms with Gasteiger partial charge in [-0.2, -0.15) is 0 Å². The second-order valence-corrected chi connectivity index (χ2v) is 8.49. The van der Waals surface area contributed by atoms with E-state index in [0.717, 1.165) is 25.7 Å². The number of nitrogens with one attached hydrogen (secondary N) is 1. The first-order valence-electron chi connectivity index (χ1n) is 12.2. The number of fused-ring (bicyclic) bond motifs is 1. The van der Waals surface area contributed by atoms with Crippen molar-refractivity contribution in [1.82, 2.24) is 29.5 Å². The van der Waals surface area contributed by atoms with Crippen LogP contribution < -0.4 is 11.1 Å². The Labute approximate surface area is 209 Å². The molecule has 11 nitrogen and oxygen atoms in total. The van der Waals surface area contributed by atoms with Gasteiger partial charge in [0.05, 0.1) is 19.3 Å². The number of ether oxygens (including phenoxy) is 1. The number of carbonyl (C=O) groups is 3. The van der Waals surface area contributed by atoms with Crippen molar-refractivity contribution in [3.8, 4) is 0 Å². The monoisotopic (exact) mass is 503 g/mol. The van der Waals surface area contributed by atoms with E-state index in [1.807, 2.05) is 6.92 Å². The van der Waals surface area contributed by atoms with Crippen molar-refractivity contribution in [2.75, 3.05) is 39.4 Å². The normalized spacial score (nSPS) is 15.9. The van der Waals surface area contributed by atoms with Gasteiger partial charge in [-0.25, -0.2) is 14.2 Å². The first-order valence-corrected chi connectivity index (χ1v) is 12.2. The Morgan fingerprint density at radius 3 is 2.83 bits per heavy atom. The zero-order chi connectivity index (χ0) is 25.9. The van der Waals surface area contributed by atoms with E-state index in [1.165, 1.54) is 11.0 Å². The molecule has 3 heterocycles. The topological polar surface area (TPSA) is 135 Å². The van der Waals surface area contributed by atoms with Gasteiger partial charge in [0.15, 0.2) is 5.65 Å². The molecule has 1 unspecified atom stereocenters. The summed E-state index contributed by atoms with van der Waals surface area (Å²) < 4.78 is 19.8. The van der Waals surface area contributed by atoms with Crippen molar-refractivity contribution in [2.24, 2.45) is 5.73 Å². The maximum absolute atomic E-state index is 12.9. The average molecular weight is 504 g/mol. The summed E-state index contributed by atoms with van der Waals surface area (Å²) in [5.41, 5.74) is 6.97. The van der Waals surface area contributed by atoms with E-state index >= 15 is 0 Å². The number of cyclic esters (lactones) is 1. The van der Waals surface area contributed by atoms with Gasteiger partial charge in [0.25, 0.3) is 5.91 Å². The number of likely N-dealkylation sites (N-methyl/N-ethyl adjacent to an activating group) is 1. The summed E-state index contributed by atoms with van der Waals surface area (Å²) in [6, 6.07) is 0. The van der Waals surface area contributed by atoms with Crippen LogP contribution in [0.5, 0.6) is 0 Å². The molecule has 1 atom stereocenters. The molecular weight excluding hydrogens is 469 g/mol. The number of hydrogen-bond donors (Lipinski definition) is 2. The molecule has 3 N–H and O–H groups in total. The number of nitrogens with zero attached hydrogens (tertiary/aromatic N) is 5. The lowest BCUT2D eigenvalue weighted by Crippen LogP contribution is -2.40. The first kappa shape index (κ1) is 27.1. The number of aromatic nitrogens is 3. The fourth-order valence-electron chi connectivity index (χ4n) is 4.05. The van der Waals surface area contributed by atoms with Crippen LogP contribution in [0, 0.1) is 0 Å². The number of hydrogen-bond acceptors (Lipinski definition) is 7. The minimum absolute atomic E-state index is 0.105. The number of nitrogens with two attached hydrogens (primary N) is 1. The number of rotatable bonds is 14. The standard InChI is InChI=1S/C24H34FN7O4/c1-2-30(22(33)15-28-23(34)20-17-31-12-10-27-14-21(31)29-20)11-6-4-3-5-7-18(8-9-25)32-16-19(13-26)36-24(32)35/h8,10,12,14,17,19H,2-7,9,11,13,15-16,26H2,1H3,(H,28,34). The molecule has 0 saturated carbocycles. The summed E-state index contributed by atoms with van der Waals surface area (Å²) in [4.78, 5) is 48.3. The van der Waals surface area contributed by atoms with E-state index < -0.39 is 18.7 Å². The molecule has 1 saturated heterocycles. The van der Waals surface area contributed by atoms with E-state index in [-0.39, 0.29) is 30.8 Å². The fourth-order valence-corrected chi connectivity index (χ4v) is 4.05. The van der Waals surface area contributed by atoms with Gasteiger partial charge in [-0.3, -0.25) is 19.5 Å². The molecule has 0 aliphatic carbocycles. The molecule has 0 spiro atoms. The lowest BCUT2D eigenvalue weighted by molar-refractivity contribution is -0.130. The van der Waals surface area contributed by atoms with Crippen LogP contribution in [0.4, 0.5) is 9.18 Å². The van der Waals surface area contributed by atoms with Crippen LogP contribution >= 0.6 is 0 Å². The minimum atomic E-state index is -0.648. The predicted octanol–water partition coefficient (Wildman–Crippen LogP) is 1.89. The third-order valence-corrected chi connectivity index (χ3v) is 6.04. The van der Waals surface area contributed by atoms with E-state index in [9.17, 15) is 18.8 Å². The van der Waals surface area contributed by atoms with Crippen LogP contribution in [0.25, 0.3) is 5.65 Å². The van der Waals surface area contributed by atoms with Crippen molar-refractivity contribution >= 4 is 23.6 Å². The Hall–Kier alpha value is -3.54. The van der Waals surface area contributed by atoms with Crippen molar-refractivity contribution < 1.29 is 23.5 Å². The van der Waals surface area contributed by atoms with Crippen molar-refractivity contribution in [3.63, 3.8) is 0 Å². The summed E-state index contributed by atoms with van der Waals surface area (Å²) in [5.74, 6) is -0.577. The SMILES string of the molecule is CCN(CCCCCCC(=CCF)N1CC(CN)OC1=O)C(=O)CNC(=O)c1cn2ccncc2n1. The summed E-state index contributed by atoms with van der Waals surface area (Å²) in [6.45, 7) is 2.84. The number of unbranched alkanes of at least 4 members (excludes halogenated alkanes) is 3. The quantitative estimate of drug-likeness (QED) is 0.376. The molecule has 1 aliphatic heterocycles.